The van der Waals surface area contributed by atoms with Crippen molar-refractivity contribution < 1.29 is 38.6 Å². The Hall–Kier alpha value is -3.55. The number of benzene rings is 1. The molecule has 0 saturated carbocycles. The lowest BCUT2D eigenvalue weighted by atomic mass is 9.89. The van der Waals surface area contributed by atoms with Gasteiger partial charge in [-0.05, 0) is 50.1 Å². The number of carbonyl (C=O) groups is 5. The molecular formula is C40H67N5O8. The third-order valence-corrected chi connectivity index (χ3v) is 10.9. The lowest BCUT2D eigenvalue weighted by Crippen LogP contribution is -2.59. The molecule has 300 valence electrons. The lowest BCUT2D eigenvalue weighted by molar-refractivity contribution is -0.148. The van der Waals surface area contributed by atoms with Crippen LogP contribution in [0.1, 0.15) is 85.3 Å². The molecule has 0 aliphatic carbocycles. The number of methoxy groups -OCH3 is 2. The van der Waals surface area contributed by atoms with Gasteiger partial charge >= 0.3 is 5.97 Å². The van der Waals surface area contributed by atoms with Gasteiger partial charge in [0.05, 0.1) is 42.7 Å². The van der Waals surface area contributed by atoms with Gasteiger partial charge in [0.15, 0.2) is 0 Å². The number of ether oxygens (including phenoxy) is 2. The Labute approximate surface area is 317 Å². The maximum atomic E-state index is 14.1. The zero-order valence-corrected chi connectivity index (χ0v) is 34.1. The first-order valence-electron chi connectivity index (χ1n) is 19.1. The van der Waals surface area contributed by atoms with Crippen LogP contribution in [-0.4, -0.2) is 122 Å². The molecule has 3 unspecified atom stereocenters. The van der Waals surface area contributed by atoms with E-state index in [9.17, 15) is 29.1 Å². The molecule has 13 heteroatoms. The number of likely N-dealkylation sites (N-methyl/N-ethyl adjacent to an activating group) is 2. The van der Waals surface area contributed by atoms with Crippen LogP contribution in [-0.2, 0) is 39.9 Å². The maximum absolute atomic E-state index is 14.1. The molecule has 0 bridgehead atoms. The van der Waals surface area contributed by atoms with Crippen LogP contribution in [0.3, 0.4) is 0 Å². The van der Waals surface area contributed by atoms with E-state index in [1.165, 1.54) is 14.2 Å². The zero-order valence-electron chi connectivity index (χ0n) is 34.1. The fraction of sp³-hybridized carbons (Fsp3) is 0.725. The average molecular weight is 746 g/mol. The first-order chi connectivity index (χ1) is 24.9. The third-order valence-electron chi connectivity index (χ3n) is 10.9. The van der Waals surface area contributed by atoms with E-state index in [1.54, 1.807) is 30.8 Å². The van der Waals surface area contributed by atoms with Gasteiger partial charge in [-0.25, -0.2) is 4.79 Å². The summed E-state index contributed by atoms with van der Waals surface area (Å²) in [7, 11) is 6.46. The summed E-state index contributed by atoms with van der Waals surface area (Å²) in [5.74, 6) is -3.27. The summed E-state index contributed by atoms with van der Waals surface area (Å²) in [5.41, 5.74) is 1.84. The molecule has 1 aliphatic heterocycles. The molecule has 1 heterocycles. The van der Waals surface area contributed by atoms with Gasteiger partial charge in [-0.2, -0.15) is 0 Å². The second-order valence-electron chi connectivity index (χ2n) is 15.4. The molecular weight excluding hydrogens is 678 g/mol. The molecule has 0 aromatic heterocycles. The zero-order chi connectivity index (χ0) is 40.2. The molecule has 1 aromatic rings. The number of nitrogens with zero attached hydrogens (tertiary/aromatic N) is 2. The van der Waals surface area contributed by atoms with Crippen molar-refractivity contribution in [3.63, 3.8) is 0 Å². The highest BCUT2D eigenvalue weighted by Gasteiger charge is 2.43. The van der Waals surface area contributed by atoms with Crippen LogP contribution < -0.4 is 16.0 Å². The molecule has 1 fully saturated rings. The van der Waals surface area contributed by atoms with Crippen LogP contribution in [0.15, 0.2) is 24.3 Å². The van der Waals surface area contributed by atoms with E-state index in [1.807, 2.05) is 72.7 Å². The van der Waals surface area contributed by atoms with Crippen LogP contribution in [0.25, 0.3) is 0 Å². The molecule has 1 aromatic carbocycles. The molecule has 0 spiro atoms. The van der Waals surface area contributed by atoms with Gasteiger partial charge < -0.3 is 40.3 Å². The standard InChI is InChI=1S/C40H67N5O8/c1-13-26(7)35(44(10)39(49)34(24(4)5)43-38(48)33(41-9)23(2)3)31(52-11)22-32(46)45-20-14-15-30(45)36(53-12)27(8)37(47)42-29(40(50)51)21-28-18-16-25(6)17-19-28/h16-19,23-24,26-27,29-31,33-36,41H,13-15,20-22H2,1-12H3,(H,42,47)(H,43,48)(H,50,51)/t26-,27+,29?,30-,31+,33-,34?,35?,36+/m0/s1. The topological polar surface area (TPSA) is 167 Å². The molecule has 1 saturated heterocycles. The van der Waals surface area contributed by atoms with Crippen molar-refractivity contribution >= 4 is 29.6 Å². The largest absolute Gasteiger partial charge is 0.480 e. The SMILES string of the molecule is CC[C@H](C)C([C@@H](CC(=O)N1CCC[C@H]1[C@H](OC)[C@@H](C)C(=O)NC(Cc1ccc(C)cc1)C(=O)O)OC)N(C)C(=O)C(NC(=O)[C@@H](NC)C(C)C)C(C)C. The van der Waals surface area contributed by atoms with E-state index in [4.69, 9.17) is 9.47 Å². The molecule has 4 N–H and O–H groups in total. The fourth-order valence-corrected chi connectivity index (χ4v) is 7.51. The number of amides is 4. The predicted octanol–water partition coefficient (Wildman–Crippen LogP) is 3.41. The first-order valence-corrected chi connectivity index (χ1v) is 19.1. The summed E-state index contributed by atoms with van der Waals surface area (Å²) in [6.07, 6.45) is 0.812. The second-order valence-corrected chi connectivity index (χ2v) is 15.4. The Kier molecular flexibility index (Phi) is 18.4. The number of carbonyl (C=O) groups excluding carboxylic acids is 4. The quantitative estimate of drug-likeness (QED) is 0.148. The minimum Gasteiger partial charge on any atom is -0.480 e. The summed E-state index contributed by atoms with van der Waals surface area (Å²) < 4.78 is 11.9. The number of likely N-dealkylation sites (tertiary alicyclic amines) is 1. The van der Waals surface area contributed by atoms with Crippen molar-refractivity contribution in [1.82, 2.24) is 25.8 Å². The van der Waals surface area contributed by atoms with Crippen LogP contribution >= 0.6 is 0 Å². The Morgan fingerprint density at radius 2 is 1.53 bits per heavy atom. The second kappa shape index (κ2) is 21.4. The van der Waals surface area contributed by atoms with Crippen LogP contribution in [0, 0.1) is 30.6 Å². The van der Waals surface area contributed by atoms with Gasteiger partial charge in [-0.1, -0.05) is 84.7 Å². The number of aryl methyl sites for hydroxylation is 1. The van der Waals surface area contributed by atoms with Crippen molar-refractivity contribution in [2.45, 2.75) is 130 Å². The van der Waals surface area contributed by atoms with Gasteiger partial charge in [0, 0.05) is 34.2 Å². The monoisotopic (exact) mass is 745 g/mol. The number of nitrogens with one attached hydrogen (secondary N) is 3. The van der Waals surface area contributed by atoms with Gasteiger partial charge in [0.1, 0.15) is 12.1 Å². The van der Waals surface area contributed by atoms with Gasteiger partial charge in [0.2, 0.25) is 23.6 Å². The van der Waals surface area contributed by atoms with E-state index in [2.05, 4.69) is 16.0 Å². The number of carboxylic acid groups (broad SMARTS) is 1. The van der Waals surface area contributed by atoms with Gasteiger partial charge in [0.25, 0.3) is 0 Å². The lowest BCUT2D eigenvalue weighted by Gasteiger charge is -2.41. The maximum Gasteiger partial charge on any atom is 0.326 e. The minimum atomic E-state index is -1.14. The van der Waals surface area contributed by atoms with Crippen LogP contribution in [0.4, 0.5) is 0 Å². The smallest absolute Gasteiger partial charge is 0.326 e. The minimum absolute atomic E-state index is 0.0117. The van der Waals surface area contributed by atoms with E-state index in [-0.39, 0.29) is 48.3 Å². The highest BCUT2D eigenvalue weighted by Crippen LogP contribution is 2.30. The van der Waals surface area contributed by atoms with Crippen molar-refractivity contribution in [3.8, 4) is 0 Å². The fourth-order valence-electron chi connectivity index (χ4n) is 7.51. The Morgan fingerprint density at radius 3 is 2.02 bits per heavy atom. The predicted molar refractivity (Wildman–Crippen MR) is 205 cm³/mol. The van der Waals surface area contributed by atoms with E-state index >= 15 is 0 Å². The molecule has 2 rings (SSSR count). The van der Waals surface area contributed by atoms with E-state index < -0.39 is 60.2 Å². The summed E-state index contributed by atoms with van der Waals surface area (Å²) in [4.78, 5) is 70.5. The number of aliphatic carboxylic acids is 1. The molecule has 0 radical (unpaired) electrons. The van der Waals surface area contributed by atoms with Crippen molar-refractivity contribution in [2.75, 3.05) is 34.9 Å². The Morgan fingerprint density at radius 1 is 0.925 bits per heavy atom. The number of rotatable bonds is 21. The van der Waals surface area contributed by atoms with Gasteiger partial charge in [-0.3, -0.25) is 19.2 Å². The Bertz CT molecular complexity index is 1350. The van der Waals surface area contributed by atoms with Crippen molar-refractivity contribution in [2.24, 2.45) is 23.7 Å². The van der Waals surface area contributed by atoms with Crippen LogP contribution in [0.2, 0.25) is 0 Å². The summed E-state index contributed by atoms with van der Waals surface area (Å²) in [6.45, 7) is 15.8. The van der Waals surface area contributed by atoms with Gasteiger partial charge in [-0.15, -0.1) is 0 Å². The molecule has 4 amide bonds. The number of hydrogen-bond acceptors (Lipinski definition) is 8. The van der Waals surface area contributed by atoms with Crippen LogP contribution in [0.5, 0.6) is 0 Å². The van der Waals surface area contributed by atoms with Crippen molar-refractivity contribution in [3.05, 3.63) is 35.4 Å². The number of carboxylic acids is 1. The Balaban J connectivity index is 2.26. The average Bonchev–Trinajstić information content (AvgIpc) is 3.60. The normalized spacial score (nSPS) is 19.1. The highest BCUT2D eigenvalue weighted by molar-refractivity contribution is 5.90. The van der Waals surface area contributed by atoms with E-state index in [0.717, 1.165) is 17.5 Å². The summed E-state index contributed by atoms with van der Waals surface area (Å²) >= 11 is 0. The van der Waals surface area contributed by atoms with Crippen molar-refractivity contribution in [1.29, 1.82) is 0 Å². The van der Waals surface area contributed by atoms with E-state index in [0.29, 0.717) is 19.4 Å². The number of hydrogen-bond donors (Lipinski definition) is 4. The summed E-state index contributed by atoms with van der Waals surface area (Å²) in [6, 6.07) is 4.23. The first kappa shape index (κ1) is 45.6. The molecule has 9 atom stereocenters. The molecule has 1 aliphatic rings. The third kappa shape index (κ3) is 12.2. The molecule has 53 heavy (non-hydrogen) atoms. The molecule has 13 nitrogen and oxygen atoms in total. The summed E-state index contributed by atoms with van der Waals surface area (Å²) in [5, 5.41) is 18.6. The highest BCUT2D eigenvalue weighted by atomic mass is 16.5.